The van der Waals surface area contributed by atoms with Gasteiger partial charge in [0.2, 0.25) is 0 Å². The van der Waals surface area contributed by atoms with Crippen molar-refractivity contribution in [3.63, 3.8) is 0 Å². The molecule has 1 aliphatic rings. The van der Waals surface area contributed by atoms with Crippen LogP contribution in [0, 0.1) is 0 Å². The van der Waals surface area contributed by atoms with Crippen molar-refractivity contribution in [1.82, 2.24) is 10.6 Å². The zero-order valence-electron chi connectivity index (χ0n) is 11.8. The van der Waals surface area contributed by atoms with E-state index in [1.54, 1.807) is 0 Å². The van der Waals surface area contributed by atoms with Gasteiger partial charge >= 0.3 is 0 Å². The van der Waals surface area contributed by atoms with Crippen molar-refractivity contribution in [3.05, 3.63) is 0 Å². The fourth-order valence-electron chi connectivity index (χ4n) is 2.94. The van der Waals surface area contributed by atoms with E-state index in [-0.39, 0.29) is 11.1 Å². The molecule has 2 N–H and O–H groups in total. The van der Waals surface area contributed by atoms with Crippen molar-refractivity contribution < 1.29 is 0 Å². The van der Waals surface area contributed by atoms with Crippen LogP contribution < -0.4 is 10.6 Å². The minimum absolute atomic E-state index is 0.254. The molecule has 0 spiro atoms. The van der Waals surface area contributed by atoms with Crippen molar-refractivity contribution in [2.75, 3.05) is 6.54 Å². The molecule has 1 atom stereocenters. The lowest BCUT2D eigenvalue weighted by Gasteiger charge is -2.35. The highest BCUT2D eigenvalue weighted by Gasteiger charge is 2.33. The fourth-order valence-corrected chi connectivity index (χ4v) is 2.94. The van der Waals surface area contributed by atoms with Crippen LogP contribution in [-0.4, -0.2) is 23.7 Å². The van der Waals surface area contributed by atoms with Crippen molar-refractivity contribution in [2.45, 2.75) is 83.8 Å². The summed E-state index contributed by atoms with van der Waals surface area (Å²) in [5.74, 6) is 0. The first kappa shape index (κ1) is 14.0. The van der Waals surface area contributed by atoms with Gasteiger partial charge < -0.3 is 10.6 Å². The van der Waals surface area contributed by atoms with Gasteiger partial charge in [0, 0.05) is 17.1 Å². The van der Waals surface area contributed by atoms with E-state index < -0.39 is 0 Å². The van der Waals surface area contributed by atoms with Crippen molar-refractivity contribution in [1.29, 1.82) is 0 Å². The third kappa shape index (κ3) is 4.84. The first-order chi connectivity index (χ1) is 7.35. The number of nitrogens with one attached hydrogen (secondary N) is 2. The summed E-state index contributed by atoms with van der Waals surface area (Å²) < 4.78 is 0. The normalized spacial score (nSPS) is 28.7. The number of rotatable bonds is 4. The molecule has 2 heteroatoms. The standard InChI is InChI=1S/C14H30N2/c1-6-7-10-15-12-8-9-13(2,3)16-14(4,5)11-12/h12,15-16H,6-11H2,1-5H3. The van der Waals surface area contributed by atoms with Crippen LogP contribution in [0.15, 0.2) is 0 Å². The average Bonchev–Trinajstić information content (AvgIpc) is 2.21. The Bertz CT molecular complexity index is 209. The predicted octanol–water partition coefficient (Wildman–Crippen LogP) is 3.08. The van der Waals surface area contributed by atoms with E-state index in [0.717, 1.165) is 0 Å². The van der Waals surface area contributed by atoms with Crippen molar-refractivity contribution >= 4 is 0 Å². The third-order valence-electron chi connectivity index (χ3n) is 3.51. The minimum Gasteiger partial charge on any atom is -0.314 e. The van der Waals surface area contributed by atoms with Crippen LogP contribution in [-0.2, 0) is 0 Å². The number of unbranched alkanes of at least 4 members (excludes halogenated alkanes) is 1. The maximum Gasteiger partial charge on any atom is 0.0144 e. The zero-order chi connectivity index (χ0) is 12.2. The molecule has 1 rings (SSSR count). The Balaban J connectivity index is 2.49. The van der Waals surface area contributed by atoms with Crippen LogP contribution in [0.4, 0.5) is 0 Å². The molecule has 0 aliphatic carbocycles. The van der Waals surface area contributed by atoms with Crippen LogP contribution in [0.2, 0.25) is 0 Å². The largest absolute Gasteiger partial charge is 0.314 e. The van der Waals surface area contributed by atoms with Crippen LogP contribution >= 0.6 is 0 Å². The summed E-state index contributed by atoms with van der Waals surface area (Å²) in [7, 11) is 0. The molecule has 0 saturated carbocycles. The lowest BCUT2D eigenvalue weighted by Crippen LogP contribution is -2.51. The molecule has 0 aromatic carbocycles. The van der Waals surface area contributed by atoms with Gasteiger partial charge in [-0.05, 0) is 59.9 Å². The minimum atomic E-state index is 0.254. The molecule has 0 aromatic heterocycles. The summed E-state index contributed by atoms with van der Waals surface area (Å²) in [5, 5.41) is 7.49. The summed E-state index contributed by atoms with van der Waals surface area (Å²) >= 11 is 0. The Morgan fingerprint density at radius 1 is 1.19 bits per heavy atom. The van der Waals surface area contributed by atoms with E-state index in [2.05, 4.69) is 45.3 Å². The molecule has 16 heavy (non-hydrogen) atoms. The van der Waals surface area contributed by atoms with Gasteiger partial charge in [0.25, 0.3) is 0 Å². The van der Waals surface area contributed by atoms with Crippen LogP contribution in [0.1, 0.15) is 66.7 Å². The second kappa shape index (κ2) is 5.50. The quantitative estimate of drug-likeness (QED) is 0.720. The summed E-state index contributed by atoms with van der Waals surface area (Å²) in [6, 6.07) is 0.691. The van der Waals surface area contributed by atoms with E-state index in [9.17, 15) is 0 Å². The van der Waals surface area contributed by atoms with Gasteiger partial charge in [-0.3, -0.25) is 0 Å². The van der Waals surface area contributed by atoms with Gasteiger partial charge in [-0.2, -0.15) is 0 Å². The maximum absolute atomic E-state index is 3.77. The average molecular weight is 226 g/mol. The van der Waals surface area contributed by atoms with Gasteiger partial charge in [0.05, 0.1) is 0 Å². The lowest BCUT2D eigenvalue weighted by atomic mass is 9.95. The molecular formula is C14H30N2. The van der Waals surface area contributed by atoms with E-state index in [0.29, 0.717) is 6.04 Å². The Kier molecular flexibility index (Phi) is 4.81. The third-order valence-corrected chi connectivity index (χ3v) is 3.51. The van der Waals surface area contributed by atoms with Gasteiger partial charge in [0.15, 0.2) is 0 Å². The Labute approximate surface area is 102 Å². The number of hydrogen-bond acceptors (Lipinski definition) is 2. The zero-order valence-corrected chi connectivity index (χ0v) is 11.8. The highest BCUT2D eigenvalue weighted by molar-refractivity contribution is 4.95. The van der Waals surface area contributed by atoms with E-state index in [1.807, 2.05) is 0 Å². The Morgan fingerprint density at radius 2 is 1.88 bits per heavy atom. The highest BCUT2D eigenvalue weighted by Crippen LogP contribution is 2.27. The molecule has 1 unspecified atom stereocenters. The van der Waals surface area contributed by atoms with Crippen molar-refractivity contribution in [2.24, 2.45) is 0 Å². The molecule has 2 nitrogen and oxygen atoms in total. The molecule has 0 bridgehead atoms. The monoisotopic (exact) mass is 226 g/mol. The van der Waals surface area contributed by atoms with Crippen molar-refractivity contribution in [3.8, 4) is 0 Å². The molecule has 1 heterocycles. The molecule has 96 valence electrons. The molecule has 1 aliphatic heterocycles. The smallest absolute Gasteiger partial charge is 0.0144 e. The molecule has 1 saturated heterocycles. The van der Waals surface area contributed by atoms with Crippen LogP contribution in [0.25, 0.3) is 0 Å². The second-order valence-electron chi connectivity index (χ2n) is 6.64. The molecular weight excluding hydrogens is 196 g/mol. The second-order valence-corrected chi connectivity index (χ2v) is 6.64. The van der Waals surface area contributed by atoms with E-state index in [4.69, 9.17) is 0 Å². The van der Waals surface area contributed by atoms with Crippen LogP contribution in [0.3, 0.4) is 0 Å². The van der Waals surface area contributed by atoms with Crippen LogP contribution in [0.5, 0.6) is 0 Å². The Morgan fingerprint density at radius 3 is 2.50 bits per heavy atom. The number of hydrogen-bond donors (Lipinski definition) is 2. The fraction of sp³-hybridized carbons (Fsp3) is 1.00. The summed E-state index contributed by atoms with van der Waals surface area (Å²) in [5.41, 5.74) is 0.536. The topological polar surface area (TPSA) is 24.1 Å². The summed E-state index contributed by atoms with van der Waals surface area (Å²) in [4.78, 5) is 0. The van der Waals surface area contributed by atoms with Gasteiger partial charge in [-0.1, -0.05) is 13.3 Å². The van der Waals surface area contributed by atoms with Gasteiger partial charge in [-0.25, -0.2) is 0 Å². The van der Waals surface area contributed by atoms with Gasteiger partial charge in [-0.15, -0.1) is 0 Å². The first-order valence-corrected chi connectivity index (χ1v) is 6.87. The van der Waals surface area contributed by atoms with Gasteiger partial charge in [0.1, 0.15) is 0 Å². The predicted molar refractivity (Wildman–Crippen MR) is 71.8 cm³/mol. The summed E-state index contributed by atoms with van der Waals surface area (Å²) in [6.07, 6.45) is 6.38. The maximum atomic E-state index is 3.77. The molecule has 1 fully saturated rings. The first-order valence-electron chi connectivity index (χ1n) is 6.87. The molecule has 0 radical (unpaired) electrons. The SMILES string of the molecule is CCCCNC1CCC(C)(C)NC(C)(C)C1. The molecule has 0 aromatic rings. The molecule has 0 amide bonds. The lowest BCUT2D eigenvalue weighted by molar-refractivity contribution is 0.264. The summed E-state index contributed by atoms with van der Waals surface area (Å²) in [6.45, 7) is 12.7. The highest BCUT2D eigenvalue weighted by atomic mass is 15.1. The Hall–Kier alpha value is -0.0800. The van der Waals surface area contributed by atoms with E-state index >= 15 is 0 Å². The van der Waals surface area contributed by atoms with E-state index in [1.165, 1.54) is 38.6 Å².